The van der Waals surface area contributed by atoms with Crippen LogP contribution in [0.25, 0.3) is 0 Å². The zero-order valence-electron chi connectivity index (χ0n) is 9.28. The molecule has 0 bridgehead atoms. The molecule has 0 radical (unpaired) electrons. The van der Waals surface area contributed by atoms with Crippen molar-refractivity contribution in [3.8, 4) is 11.6 Å². The number of nitrogens with zero attached hydrogens (tertiary/aromatic N) is 1. The summed E-state index contributed by atoms with van der Waals surface area (Å²) in [4.78, 5) is 2.72. The first-order chi connectivity index (χ1) is 8.06. The second kappa shape index (κ2) is 4.61. The van der Waals surface area contributed by atoms with E-state index in [1.54, 1.807) is 0 Å². The van der Waals surface area contributed by atoms with Crippen LogP contribution in [0.3, 0.4) is 0 Å². The summed E-state index contributed by atoms with van der Waals surface area (Å²) >= 11 is 0. The fourth-order valence-electron chi connectivity index (χ4n) is 1.27. The van der Waals surface area contributed by atoms with Crippen LogP contribution in [0.5, 0.6) is 11.6 Å². The third kappa shape index (κ3) is 3.23. The Morgan fingerprint density at radius 3 is 2.33 bits per heavy atom. The number of hydrogen-bond acceptors (Lipinski definition) is 5. The molecule has 10 heteroatoms. The third-order valence-corrected chi connectivity index (χ3v) is 2.98. The number of primary sulfonamides is 1. The van der Waals surface area contributed by atoms with E-state index in [9.17, 15) is 21.6 Å². The second-order valence-electron chi connectivity index (χ2n) is 3.18. The molecule has 18 heavy (non-hydrogen) atoms. The van der Waals surface area contributed by atoms with Gasteiger partial charge in [-0.3, -0.25) is 0 Å². The van der Waals surface area contributed by atoms with E-state index < -0.39 is 27.2 Å². The van der Waals surface area contributed by atoms with Crippen LogP contribution in [-0.2, 0) is 10.0 Å². The molecule has 0 fully saturated rings. The number of halogens is 3. The van der Waals surface area contributed by atoms with Crippen molar-refractivity contribution in [1.29, 1.82) is 0 Å². The van der Waals surface area contributed by atoms with Crippen LogP contribution in [0.2, 0.25) is 0 Å². The first-order valence-electron chi connectivity index (χ1n) is 4.38. The highest BCUT2D eigenvalue weighted by atomic mass is 32.2. The molecule has 0 amide bonds. The fraction of sp³-hybridized carbons (Fsp3) is 0.375. The maximum absolute atomic E-state index is 12.1. The lowest BCUT2D eigenvalue weighted by Gasteiger charge is -2.14. The molecule has 0 aliphatic carbocycles. The number of hydrogen-bond donors (Lipinski definition) is 1. The van der Waals surface area contributed by atoms with Gasteiger partial charge in [-0.05, 0) is 6.92 Å². The van der Waals surface area contributed by atoms with E-state index in [2.05, 4.69) is 14.5 Å². The summed E-state index contributed by atoms with van der Waals surface area (Å²) in [6.07, 6.45) is -4.20. The minimum absolute atomic E-state index is 0.260. The van der Waals surface area contributed by atoms with Gasteiger partial charge in [0, 0.05) is 5.56 Å². The van der Waals surface area contributed by atoms with Gasteiger partial charge in [0.2, 0.25) is 15.9 Å². The molecule has 102 valence electrons. The fourth-order valence-corrected chi connectivity index (χ4v) is 2.20. The topological polar surface area (TPSA) is 91.5 Å². The van der Waals surface area contributed by atoms with Crippen molar-refractivity contribution in [2.75, 3.05) is 7.11 Å². The largest absolute Gasteiger partial charge is 0.574 e. The summed E-state index contributed by atoms with van der Waals surface area (Å²) in [5, 5.41) is 4.89. The maximum Gasteiger partial charge on any atom is 0.574 e. The molecule has 0 saturated heterocycles. The molecule has 0 saturated carbocycles. The van der Waals surface area contributed by atoms with Gasteiger partial charge in [-0.1, -0.05) is 0 Å². The smallest absolute Gasteiger partial charge is 0.494 e. The van der Waals surface area contributed by atoms with E-state index >= 15 is 0 Å². The number of alkyl halides is 3. The first-order valence-corrected chi connectivity index (χ1v) is 5.93. The Kier molecular flexibility index (Phi) is 3.72. The molecule has 0 atom stereocenters. The van der Waals surface area contributed by atoms with Gasteiger partial charge in [-0.15, -0.1) is 13.2 Å². The zero-order valence-corrected chi connectivity index (χ0v) is 10.1. The summed E-state index contributed by atoms with van der Waals surface area (Å²) in [6, 6.07) is 0. The molecule has 6 nitrogen and oxygen atoms in total. The molecule has 1 aromatic rings. The molecule has 0 unspecified atom stereocenters. The Bertz CT molecular complexity index is 556. The Morgan fingerprint density at radius 2 is 1.94 bits per heavy atom. The van der Waals surface area contributed by atoms with E-state index in [0.717, 1.165) is 20.2 Å². The molecule has 1 heterocycles. The molecule has 2 N–H and O–H groups in total. The molecule has 0 aromatic carbocycles. The minimum Gasteiger partial charge on any atom is -0.494 e. The number of nitrogens with two attached hydrogens (primary N) is 1. The summed E-state index contributed by atoms with van der Waals surface area (Å²) < 4.78 is 67.0. The van der Waals surface area contributed by atoms with Gasteiger partial charge in [0.25, 0.3) is 0 Å². The highest BCUT2D eigenvalue weighted by Crippen LogP contribution is 2.33. The SMILES string of the molecule is COc1cnc(OC(F)(F)F)c(C)c1S(N)(=O)=O. The van der Waals surface area contributed by atoms with Crippen LogP contribution in [0, 0.1) is 6.92 Å². The van der Waals surface area contributed by atoms with Gasteiger partial charge >= 0.3 is 6.36 Å². The Labute approximate surface area is 101 Å². The number of pyridine rings is 1. The van der Waals surface area contributed by atoms with Crippen molar-refractivity contribution in [1.82, 2.24) is 4.98 Å². The van der Waals surface area contributed by atoms with Gasteiger partial charge in [0.1, 0.15) is 4.90 Å². The average Bonchev–Trinajstić information content (AvgIpc) is 2.16. The monoisotopic (exact) mass is 286 g/mol. The Morgan fingerprint density at radius 1 is 1.39 bits per heavy atom. The minimum atomic E-state index is -4.98. The lowest BCUT2D eigenvalue weighted by molar-refractivity contribution is -0.276. The summed E-state index contributed by atoms with van der Waals surface area (Å²) in [5.41, 5.74) is -0.380. The van der Waals surface area contributed by atoms with Crippen LogP contribution >= 0.6 is 0 Å². The maximum atomic E-state index is 12.1. The zero-order chi connectivity index (χ0) is 14.1. The van der Waals surface area contributed by atoms with E-state index in [4.69, 9.17) is 5.14 Å². The number of aromatic nitrogens is 1. The second-order valence-corrected chi connectivity index (χ2v) is 4.68. The summed E-state index contributed by atoms with van der Waals surface area (Å²) in [7, 11) is -3.13. The van der Waals surface area contributed by atoms with Crippen molar-refractivity contribution in [3.05, 3.63) is 11.8 Å². The Balaban J connectivity index is 3.45. The quantitative estimate of drug-likeness (QED) is 0.893. The van der Waals surface area contributed by atoms with Crippen molar-refractivity contribution >= 4 is 10.0 Å². The van der Waals surface area contributed by atoms with Crippen LogP contribution in [0.4, 0.5) is 13.2 Å². The van der Waals surface area contributed by atoms with Crippen LogP contribution in [0.1, 0.15) is 5.56 Å². The average molecular weight is 286 g/mol. The molecule has 0 aliphatic heterocycles. The van der Waals surface area contributed by atoms with Gasteiger partial charge in [-0.25, -0.2) is 18.5 Å². The van der Waals surface area contributed by atoms with E-state index in [-0.39, 0.29) is 11.3 Å². The third-order valence-electron chi connectivity index (χ3n) is 1.90. The number of ether oxygens (including phenoxy) is 2. The lowest BCUT2D eigenvalue weighted by atomic mass is 10.3. The summed E-state index contributed by atoms with van der Waals surface area (Å²) in [5.74, 6) is -1.16. The van der Waals surface area contributed by atoms with Crippen molar-refractivity contribution in [3.63, 3.8) is 0 Å². The first kappa shape index (κ1) is 14.5. The van der Waals surface area contributed by atoms with E-state index in [0.29, 0.717) is 0 Å². The standard InChI is InChI=1S/C8H9F3N2O4S/c1-4-6(18(12,14)15)5(16-2)3-13-7(4)17-8(9,10)11/h3H,1-2H3,(H2,12,14,15). The van der Waals surface area contributed by atoms with Gasteiger partial charge < -0.3 is 9.47 Å². The van der Waals surface area contributed by atoms with Crippen molar-refractivity contribution in [2.45, 2.75) is 18.2 Å². The lowest BCUT2D eigenvalue weighted by Crippen LogP contribution is -2.21. The summed E-state index contributed by atoms with van der Waals surface area (Å²) in [6.45, 7) is 1.08. The number of rotatable bonds is 3. The molecule has 0 spiro atoms. The molecule has 1 aromatic heterocycles. The number of methoxy groups -OCH3 is 1. The molecular formula is C8H9F3N2O4S. The van der Waals surface area contributed by atoms with E-state index in [1.165, 1.54) is 0 Å². The van der Waals surface area contributed by atoms with E-state index in [1.807, 2.05) is 0 Å². The van der Waals surface area contributed by atoms with Gasteiger partial charge in [-0.2, -0.15) is 0 Å². The van der Waals surface area contributed by atoms with Crippen molar-refractivity contribution < 1.29 is 31.1 Å². The van der Waals surface area contributed by atoms with Crippen molar-refractivity contribution in [2.24, 2.45) is 5.14 Å². The highest BCUT2D eigenvalue weighted by Gasteiger charge is 2.34. The highest BCUT2D eigenvalue weighted by molar-refractivity contribution is 7.89. The van der Waals surface area contributed by atoms with Crippen LogP contribution in [-0.4, -0.2) is 26.9 Å². The van der Waals surface area contributed by atoms with Crippen LogP contribution in [0.15, 0.2) is 11.1 Å². The number of sulfonamides is 1. The predicted octanol–water partition coefficient (Wildman–Crippen LogP) is 0.945. The molecule has 1 rings (SSSR count). The molecular weight excluding hydrogens is 277 g/mol. The van der Waals surface area contributed by atoms with Gasteiger partial charge in [0.05, 0.1) is 13.3 Å². The Hall–Kier alpha value is -1.55. The normalized spacial score (nSPS) is 12.3. The van der Waals surface area contributed by atoms with Crippen LogP contribution < -0.4 is 14.6 Å². The molecule has 0 aliphatic rings. The van der Waals surface area contributed by atoms with Gasteiger partial charge in [0.15, 0.2) is 5.75 Å². The predicted molar refractivity (Wildman–Crippen MR) is 53.6 cm³/mol.